The molecule has 2 amide bonds. The zero-order chi connectivity index (χ0) is 20.3. The average molecular weight is 385 g/mol. The van der Waals surface area contributed by atoms with Gasteiger partial charge in [-0.05, 0) is 35.7 Å². The maximum Gasteiger partial charge on any atom is 0.313 e. The van der Waals surface area contributed by atoms with Gasteiger partial charge >= 0.3 is 11.8 Å². The van der Waals surface area contributed by atoms with Crippen molar-refractivity contribution in [2.45, 2.75) is 19.4 Å². The van der Waals surface area contributed by atoms with Crippen LogP contribution in [-0.2, 0) is 16.0 Å². The summed E-state index contributed by atoms with van der Waals surface area (Å²) in [6.07, 6.45) is -0.227. The largest absolute Gasteiger partial charge is 0.493 e. The van der Waals surface area contributed by atoms with E-state index >= 15 is 0 Å². The van der Waals surface area contributed by atoms with Gasteiger partial charge in [0.2, 0.25) is 0 Å². The van der Waals surface area contributed by atoms with E-state index in [0.29, 0.717) is 17.7 Å². The molecule has 9 heteroatoms. The number of anilines is 1. The van der Waals surface area contributed by atoms with Gasteiger partial charge in [-0.1, -0.05) is 12.1 Å². The molecule has 0 aliphatic carbocycles. The second-order valence-corrected chi connectivity index (χ2v) is 6.40. The van der Waals surface area contributed by atoms with Crippen molar-refractivity contribution in [1.29, 1.82) is 0 Å². The van der Waals surface area contributed by atoms with Gasteiger partial charge in [-0.25, -0.2) is 0 Å². The van der Waals surface area contributed by atoms with Crippen molar-refractivity contribution in [2.24, 2.45) is 0 Å². The van der Waals surface area contributed by atoms with Crippen molar-refractivity contribution in [3.8, 4) is 5.75 Å². The number of ether oxygens (including phenoxy) is 1. The highest BCUT2D eigenvalue weighted by atomic mass is 16.6. The molecule has 0 spiro atoms. The minimum absolute atomic E-state index is 0.153. The summed E-state index contributed by atoms with van der Waals surface area (Å²) in [6, 6.07) is 9.25. The first-order chi connectivity index (χ1) is 13.3. The molecule has 9 nitrogen and oxygen atoms in total. The number of hydrogen-bond donors (Lipinski definition) is 3. The third-order valence-electron chi connectivity index (χ3n) is 4.44. The van der Waals surface area contributed by atoms with Crippen molar-refractivity contribution in [2.75, 3.05) is 18.5 Å². The van der Waals surface area contributed by atoms with E-state index in [0.717, 1.165) is 17.7 Å². The predicted octanol–water partition coefficient (Wildman–Crippen LogP) is 1.63. The Morgan fingerprint density at radius 3 is 2.79 bits per heavy atom. The Hall–Kier alpha value is -3.46. The Morgan fingerprint density at radius 2 is 2.04 bits per heavy atom. The van der Waals surface area contributed by atoms with Gasteiger partial charge in [0.25, 0.3) is 5.69 Å². The number of fused-ring (bicyclic) bond motifs is 1. The van der Waals surface area contributed by atoms with Crippen molar-refractivity contribution in [1.82, 2.24) is 5.32 Å². The molecule has 0 saturated heterocycles. The summed E-state index contributed by atoms with van der Waals surface area (Å²) in [7, 11) is 0. The van der Waals surface area contributed by atoms with E-state index in [1.807, 2.05) is 6.07 Å². The monoisotopic (exact) mass is 385 g/mol. The number of amides is 2. The van der Waals surface area contributed by atoms with Crippen molar-refractivity contribution in [3.05, 3.63) is 63.2 Å². The van der Waals surface area contributed by atoms with Gasteiger partial charge in [0.05, 0.1) is 23.3 Å². The van der Waals surface area contributed by atoms with E-state index in [2.05, 4.69) is 10.6 Å². The van der Waals surface area contributed by atoms with Crippen LogP contribution in [0.15, 0.2) is 36.4 Å². The quantitative estimate of drug-likeness (QED) is 0.407. The fourth-order valence-electron chi connectivity index (χ4n) is 2.84. The number of nitrogens with one attached hydrogen (secondary N) is 2. The average Bonchev–Trinajstić information content (AvgIpc) is 3.15. The molecule has 0 fully saturated rings. The lowest BCUT2D eigenvalue weighted by Crippen LogP contribution is -2.37. The molecular weight excluding hydrogens is 366 g/mol. The van der Waals surface area contributed by atoms with Crippen LogP contribution in [0.4, 0.5) is 11.4 Å². The number of nitro benzene ring substituents is 1. The van der Waals surface area contributed by atoms with Crippen LogP contribution in [0.2, 0.25) is 0 Å². The summed E-state index contributed by atoms with van der Waals surface area (Å²) in [6.45, 7) is 2.10. The third-order valence-corrected chi connectivity index (χ3v) is 4.44. The lowest BCUT2D eigenvalue weighted by atomic mass is 10.0. The van der Waals surface area contributed by atoms with Gasteiger partial charge in [0, 0.05) is 25.1 Å². The van der Waals surface area contributed by atoms with E-state index in [9.17, 15) is 24.8 Å². The molecule has 0 saturated carbocycles. The Balaban J connectivity index is 1.58. The fraction of sp³-hybridized carbons (Fsp3) is 0.263. The topological polar surface area (TPSA) is 131 Å². The van der Waals surface area contributed by atoms with E-state index in [1.54, 1.807) is 19.1 Å². The predicted molar refractivity (Wildman–Crippen MR) is 100 cm³/mol. The molecule has 1 heterocycles. The minimum atomic E-state index is -0.984. The van der Waals surface area contributed by atoms with Crippen LogP contribution in [-0.4, -0.2) is 35.0 Å². The number of benzene rings is 2. The molecule has 3 rings (SSSR count). The highest BCUT2D eigenvalue weighted by molar-refractivity contribution is 6.39. The van der Waals surface area contributed by atoms with Crippen molar-refractivity contribution >= 4 is 23.2 Å². The number of carbonyl (C=O) groups excluding carboxylic acids is 2. The van der Waals surface area contributed by atoms with Crippen LogP contribution < -0.4 is 15.4 Å². The van der Waals surface area contributed by atoms with Crippen LogP contribution in [0.1, 0.15) is 22.8 Å². The van der Waals surface area contributed by atoms with Gasteiger partial charge in [-0.15, -0.1) is 0 Å². The summed E-state index contributed by atoms with van der Waals surface area (Å²) in [5.74, 6) is -1.14. The number of nitro groups is 1. The maximum atomic E-state index is 12.1. The van der Waals surface area contributed by atoms with Gasteiger partial charge in [-0.3, -0.25) is 19.7 Å². The Labute approximate surface area is 160 Å². The molecule has 3 N–H and O–H groups in total. The number of rotatable bonds is 5. The summed E-state index contributed by atoms with van der Waals surface area (Å²) < 4.78 is 5.41. The van der Waals surface area contributed by atoms with Crippen LogP contribution in [0.5, 0.6) is 5.75 Å². The number of carbonyl (C=O) groups is 2. The Bertz CT molecular complexity index is 943. The van der Waals surface area contributed by atoms with Crippen LogP contribution >= 0.6 is 0 Å². The smallest absolute Gasteiger partial charge is 0.313 e. The maximum absolute atomic E-state index is 12.1. The van der Waals surface area contributed by atoms with Gasteiger partial charge in [0.15, 0.2) is 0 Å². The van der Waals surface area contributed by atoms with Crippen LogP contribution in [0.3, 0.4) is 0 Å². The number of non-ortho nitro benzene ring substituents is 1. The zero-order valence-electron chi connectivity index (χ0n) is 15.1. The first-order valence-electron chi connectivity index (χ1n) is 8.63. The molecule has 0 radical (unpaired) electrons. The van der Waals surface area contributed by atoms with Crippen molar-refractivity contribution < 1.29 is 24.4 Å². The molecule has 28 heavy (non-hydrogen) atoms. The standard InChI is InChI=1S/C19H19N3O6/c1-11-2-4-14(22(26)27)9-15(11)21-19(25)18(24)20-10-16(23)12-3-5-17-13(8-12)6-7-28-17/h2-5,8-9,16,23H,6-7,10H2,1H3,(H,20,24)(H,21,25). The van der Waals surface area contributed by atoms with Gasteiger partial charge in [-0.2, -0.15) is 0 Å². The van der Waals surface area contributed by atoms with E-state index in [1.165, 1.54) is 18.2 Å². The molecule has 1 atom stereocenters. The molecule has 146 valence electrons. The SMILES string of the molecule is Cc1ccc([N+](=O)[O-])cc1NC(=O)C(=O)NCC(O)c1ccc2c(c1)CCO2. The minimum Gasteiger partial charge on any atom is -0.493 e. The van der Waals surface area contributed by atoms with Crippen LogP contribution in [0, 0.1) is 17.0 Å². The molecule has 1 aliphatic heterocycles. The second-order valence-electron chi connectivity index (χ2n) is 6.40. The number of aliphatic hydroxyl groups excluding tert-OH is 1. The Morgan fingerprint density at radius 1 is 1.25 bits per heavy atom. The second kappa shape index (κ2) is 8.05. The molecule has 2 aromatic carbocycles. The third kappa shape index (κ3) is 4.26. The van der Waals surface area contributed by atoms with Gasteiger partial charge < -0.3 is 20.5 Å². The van der Waals surface area contributed by atoms with E-state index < -0.39 is 22.8 Å². The Kier molecular flexibility index (Phi) is 5.55. The van der Waals surface area contributed by atoms with E-state index in [-0.39, 0.29) is 17.9 Å². The first-order valence-corrected chi connectivity index (χ1v) is 8.63. The molecule has 0 bridgehead atoms. The van der Waals surface area contributed by atoms with Crippen molar-refractivity contribution in [3.63, 3.8) is 0 Å². The molecular formula is C19H19N3O6. The molecule has 1 aliphatic rings. The summed E-state index contributed by atoms with van der Waals surface area (Å²) >= 11 is 0. The van der Waals surface area contributed by atoms with Crippen LogP contribution in [0.25, 0.3) is 0 Å². The molecule has 1 unspecified atom stereocenters. The van der Waals surface area contributed by atoms with E-state index in [4.69, 9.17) is 4.74 Å². The van der Waals surface area contributed by atoms with Gasteiger partial charge in [0.1, 0.15) is 5.75 Å². The number of aliphatic hydroxyl groups is 1. The number of aryl methyl sites for hydroxylation is 1. The lowest BCUT2D eigenvalue weighted by molar-refractivity contribution is -0.384. The summed E-state index contributed by atoms with van der Waals surface area (Å²) in [4.78, 5) is 34.3. The highest BCUT2D eigenvalue weighted by Crippen LogP contribution is 2.28. The first kappa shape index (κ1) is 19.3. The lowest BCUT2D eigenvalue weighted by Gasteiger charge is -2.13. The highest BCUT2D eigenvalue weighted by Gasteiger charge is 2.19. The molecule has 2 aromatic rings. The summed E-state index contributed by atoms with van der Waals surface area (Å²) in [5.41, 5.74) is 2.15. The zero-order valence-corrected chi connectivity index (χ0v) is 15.1. The summed E-state index contributed by atoms with van der Waals surface area (Å²) in [5, 5.41) is 25.8. The number of nitrogens with zero attached hydrogens (tertiary/aromatic N) is 1. The fourth-order valence-corrected chi connectivity index (χ4v) is 2.84. The normalized spacial score (nSPS) is 13.2. The molecule has 0 aromatic heterocycles. The number of hydrogen-bond acceptors (Lipinski definition) is 6.